The predicted molar refractivity (Wildman–Crippen MR) is 64.4 cm³/mol. The fourth-order valence-electron chi connectivity index (χ4n) is 1.97. The van der Waals surface area contributed by atoms with Gasteiger partial charge in [-0.15, -0.1) is 6.58 Å². The minimum Gasteiger partial charge on any atom is -0.349 e. The molecule has 0 radical (unpaired) electrons. The van der Waals surface area contributed by atoms with Crippen molar-refractivity contribution in [2.75, 3.05) is 13.2 Å². The Morgan fingerprint density at radius 2 is 1.81 bits per heavy atom. The van der Waals surface area contributed by atoms with E-state index in [1.165, 1.54) is 11.1 Å². The average molecular weight is 218 g/mol. The highest BCUT2D eigenvalue weighted by atomic mass is 16.7. The van der Waals surface area contributed by atoms with Crippen LogP contribution < -0.4 is 0 Å². The number of rotatable bonds is 3. The Hall–Kier alpha value is -1.12. The molecule has 0 saturated carbocycles. The van der Waals surface area contributed by atoms with Crippen LogP contribution in [0.5, 0.6) is 0 Å². The van der Waals surface area contributed by atoms with Gasteiger partial charge in [0, 0.05) is 0 Å². The van der Waals surface area contributed by atoms with Crippen molar-refractivity contribution in [3.63, 3.8) is 0 Å². The molecule has 2 heteroatoms. The molecule has 1 atom stereocenters. The molecule has 1 aliphatic rings. The number of ether oxygens (including phenoxy) is 2. The van der Waals surface area contributed by atoms with E-state index < -0.39 is 0 Å². The maximum absolute atomic E-state index is 5.60. The first-order chi connectivity index (χ1) is 7.66. The Kier molecular flexibility index (Phi) is 3.13. The Labute approximate surface area is 96.9 Å². The fourth-order valence-corrected chi connectivity index (χ4v) is 1.97. The van der Waals surface area contributed by atoms with Gasteiger partial charge in [0.25, 0.3) is 0 Å². The lowest BCUT2D eigenvalue weighted by Gasteiger charge is -2.31. The van der Waals surface area contributed by atoms with Gasteiger partial charge in [-0.05, 0) is 19.4 Å². The van der Waals surface area contributed by atoms with E-state index in [1.54, 1.807) is 0 Å². The summed E-state index contributed by atoms with van der Waals surface area (Å²) in [6, 6.07) is 8.43. The average Bonchev–Trinajstić information content (AvgIpc) is 2.83. The van der Waals surface area contributed by atoms with Crippen LogP contribution in [0, 0.1) is 6.92 Å². The van der Waals surface area contributed by atoms with Crippen LogP contribution in [0.2, 0.25) is 0 Å². The van der Waals surface area contributed by atoms with Gasteiger partial charge in [0.15, 0.2) is 6.29 Å². The van der Waals surface area contributed by atoms with Gasteiger partial charge in [-0.2, -0.15) is 0 Å². The molecule has 1 aliphatic heterocycles. The van der Waals surface area contributed by atoms with Crippen molar-refractivity contribution in [3.8, 4) is 0 Å². The molecule has 86 valence electrons. The van der Waals surface area contributed by atoms with Crippen molar-refractivity contribution in [2.24, 2.45) is 0 Å². The van der Waals surface area contributed by atoms with E-state index >= 15 is 0 Å². The second-order valence-electron chi connectivity index (χ2n) is 4.43. The zero-order chi connectivity index (χ0) is 11.6. The highest BCUT2D eigenvalue weighted by Gasteiger charge is 2.37. The van der Waals surface area contributed by atoms with E-state index in [4.69, 9.17) is 9.47 Å². The Morgan fingerprint density at radius 1 is 1.25 bits per heavy atom. The molecule has 1 fully saturated rings. The molecule has 0 aliphatic carbocycles. The quantitative estimate of drug-likeness (QED) is 0.726. The van der Waals surface area contributed by atoms with E-state index in [0.717, 1.165) is 0 Å². The molecule has 1 unspecified atom stereocenters. The van der Waals surface area contributed by atoms with Crippen LogP contribution in [-0.4, -0.2) is 19.5 Å². The molecule has 0 aromatic heterocycles. The third kappa shape index (κ3) is 1.91. The van der Waals surface area contributed by atoms with Gasteiger partial charge in [0.1, 0.15) is 0 Å². The van der Waals surface area contributed by atoms with E-state index in [9.17, 15) is 0 Å². The van der Waals surface area contributed by atoms with Crippen LogP contribution >= 0.6 is 0 Å². The van der Waals surface area contributed by atoms with Gasteiger partial charge in [-0.25, -0.2) is 0 Å². The fraction of sp³-hybridized carbons (Fsp3) is 0.429. The molecule has 0 N–H and O–H groups in total. The van der Waals surface area contributed by atoms with E-state index in [1.807, 2.05) is 6.08 Å². The molecule has 1 aromatic rings. The smallest absolute Gasteiger partial charge is 0.170 e. The van der Waals surface area contributed by atoms with Gasteiger partial charge in [0.2, 0.25) is 0 Å². The first kappa shape index (κ1) is 11.4. The van der Waals surface area contributed by atoms with Crippen LogP contribution in [0.15, 0.2) is 36.9 Å². The molecule has 2 nitrogen and oxygen atoms in total. The highest BCUT2D eigenvalue weighted by molar-refractivity contribution is 5.32. The molecule has 2 rings (SSSR count). The number of hydrogen-bond acceptors (Lipinski definition) is 2. The van der Waals surface area contributed by atoms with Crippen molar-refractivity contribution in [2.45, 2.75) is 25.6 Å². The zero-order valence-electron chi connectivity index (χ0n) is 9.90. The lowest BCUT2D eigenvalue weighted by Crippen LogP contribution is -2.35. The molecule has 1 saturated heterocycles. The molecule has 1 heterocycles. The first-order valence-electron chi connectivity index (χ1n) is 5.61. The standard InChI is InChI=1S/C14H18O2/c1-4-14(3,13-15-9-10-16-13)12-7-5-11(2)6-8-12/h4-8,13H,1,9-10H2,2-3H3. The minimum absolute atomic E-state index is 0.215. The van der Waals surface area contributed by atoms with E-state index in [-0.39, 0.29) is 11.7 Å². The maximum Gasteiger partial charge on any atom is 0.170 e. The van der Waals surface area contributed by atoms with E-state index in [0.29, 0.717) is 13.2 Å². The van der Waals surface area contributed by atoms with Crippen LogP contribution in [0.1, 0.15) is 18.1 Å². The monoisotopic (exact) mass is 218 g/mol. The topological polar surface area (TPSA) is 18.5 Å². The summed E-state index contributed by atoms with van der Waals surface area (Å²) in [5, 5.41) is 0. The molecule has 0 bridgehead atoms. The van der Waals surface area contributed by atoms with Crippen molar-refractivity contribution in [1.82, 2.24) is 0 Å². The summed E-state index contributed by atoms with van der Waals surface area (Å²) in [5.74, 6) is 0. The second kappa shape index (κ2) is 4.40. The SMILES string of the molecule is C=CC(C)(c1ccc(C)cc1)C1OCCO1. The van der Waals surface area contributed by atoms with Gasteiger partial charge in [-0.1, -0.05) is 35.9 Å². The zero-order valence-corrected chi connectivity index (χ0v) is 9.90. The summed E-state index contributed by atoms with van der Waals surface area (Å²) < 4.78 is 11.2. The lowest BCUT2D eigenvalue weighted by atomic mass is 9.81. The van der Waals surface area contributed by atoms with Crippen LogP contribution in [0.3, 0.4) is 0 Å². The number of benzene rings is 1. The maximum atomic E-state index is 5.60. The summed E-state index contributed by atoms with van der Waals surface area (Å²) >= 11 is 0. The third-order valence-corrected chi connectivity index (χ3v) is 3.21. The lowest BCUT2D eigenvalue weighted by molar-refractivity contribution is -0.0795. The van der Waals surface area contributed by atoms with Gasteiger partial charge < -0.3 is 9.47 Å². The summed E-state index contributed by atoms with van der Waals surface area (Å²) in [7, 11) is 0. The van der Waals surface area contributed by atoms with Crippen LogP contribution in [-0.2, 0) is 14.9 Å². The molecular weight excluding hydrogens is 200 g/mol. The highest BCUT2D eigenvalue weighted by Crippen LogP contribution is 2.33. The second-order valence-corrected chi connectivity index (χ2v) is 4.43. The molecule has 16 heavy (non-hydrogen) atoms. The summed E-state index contributed by atoms with van der Waals surface area (Å²) in [4.78, 5) is 0. The van der Waals surface area contributed by atoms with Crippen molar-refractivity contribution >= 4 is 0 Å². The molecular formula is C14H18O2. The predicted octanol–water partition coefficient (Wildman–Crippen LogP) is 2.81. The van der Waals surface area contributed by atoms with Crippen molar-refractivity contribution < 1.29 is 9.47 Å². The Morgan fingerprint density at radius 3 is 2.31 bits per heavy atom. The van der Waals surface area contributed by atoms with Crippen molar-refractivity contribution in [3.05, 3.63) is 48.0 Å². The third-order valence-electron chi connectivity index (χ3n) is 3.21. The van der Waals surface area contributed by atoms with Crippen molar-refractivity contribution in [1.29, 1.82) is 0 Å². The molecule has 0 amide bonds. The summed E-state index contributed by atoms with van der Waals surface area (Å²) in [5.41, 5.74) is 2.16. The summed E-state index contributed by atoms with van der Waals surface area (Å²) in [6.45, 7) is 9.43. The van der Waals surface area contributed by atoms with Gasteiger partial charge in [-0.3, -0.25) is 0 Å². The Balaban J connectivity index is 2.32. The summed E-state index contributed by atoms with van der Waals surface area (Å²) in [6.07, 6.45) is 1.70. The first-order valence-corrected chi connectivity index (χ1v) is 5.61. The largest absolute Gasteiger partial charge is 0.349 e. The normalized spacial score (nSPS) is 20.6. The van der Waals surface area contributed by atoms with Gasteiger partial charge in [0.05, 0.1) is 18.6 Å². The van der Waals surface area contributed by atoms with Crippen LogP contribution in [0.25, 0.3) is 0 Å². The number of hydrogen-bond donors (Lipinski definition) is 0. The number of aryl methyl sites for hydroxylation is 1. The minimum atomic E-state index is -0.274. The molecule has 1 aromatic carbocycles. The van der Waals surface area contributed by atoms with Gasteiger partial charge >= 0.3 is 0 Å². The van der Waals surface area contributed by atoms with E-state index in [2.05, 4.69) is 44.7 Å². The van der Waals surface area contributed by atoms with Crippen LogP contribution in [0.4, 0.5) is 0 Å². The Bertz CT molecular complexity index is 363. The molecule has 0 spiro atoms.